The van der Waals surface area contributed by atoms with Gasteiger partial charge in [0.2, 0.25) is 5.95 Å². The molecule has 0 atom stereocenters. The summed E-state index contributed by atoms with van der Waals surface area (Å²) in [6.45, 7) is 1.85. The molecule has 5 heteroatoms. The number of aromatic nitrogens is 3. The predicted molar refractivity (Wildman–Crippen MR) is 47.8 cm³/mol. The lowest BCUT2D eigenvalue weighted by Gasteiger charge is -1.92. The molecule has 0 aliphatic carbocycles. The van der Waals surface area contributed by atoms with Crippen LogP contribution in [0.4, 0.5) is 4.39 Å². The molecular formula is C8H6FN3S. The van der Waals surface area contributed by atoms with E-state index < -0.39 is 5.95 Å². The second kappa shape index (κ2) is 3.18. The molecule has 0 amide bonds. The van der Waals surface area contributed by atoms with E-state index in [0.29, 0.717) is 10.7 Å². The summed E-state index contributed by atoms with van der Waals surface area (Å²) in [6, 6.07) is 4.62. The van der Waals surface area contributed by atoms with E-state index in [0.717, 1.165) is 5.01 Å². The first-order valence-electron chi connectivity index (χ1n) is 3.69. The summed E-state index contributed by atoms with van der Waals surface area (Å²) in [7, 11) is 0. The number of nitrogens with zero attached hydrogens (tertiary/aromatic N) is 3. The molecule has 0 unspecified atom stereocenters. The number of rotatable bonds is 1. The molecule has 0 saturated carbocycles. The van der Waals surface area contributed by atoms with Crippen LogP contribution < -0.4 is 0 Å². The van der Waals surface area contributed by atoms with Crippen molar-refractivity contribution in [1.82, 2.24) is 15.2 Å². The lowest BCUT2D eigenvalue weighted by Crippen LogP contribution is -1.85. The molecule has 2 aromatic heterocycles. The van der Waals surface area contributed by atoms with Crippen LogP contribution in [0.2, 0.25) is 0 Å². The summed E-state index contributed by atoms with van der Waals surface area (Å²) in [4.78, 5) is 3.70. The normalized spacial score (nSPS) is 10.3. The van der Waals surface area contributed by atoms with Gasteiger partial charge < -0.3 is 0 Å². The summed E-state index contributed by atoms with van der Waals surface area (Å²) in [5, 5.41) is 9.19. The van der Waals surface area contributed by atoms with E-state index in [9.17, 15) is 4.39 Å². The van der Waals surface area contributed by atoms with Gasteiger partial charge in [0.1, 0.15) is 10.7 Å². The highest BCUT2D eigenvalue weighted by molar-refractivity contribution is 7.14. The van der Waals surface area contributed by atoms with Gasteiger partial charge in [0, 0.05) is 0 Å². The number of hydrogen-bond acceptors (Lipinski definition) is 4. The Morgan fingerprint density at radius 3 is 2.77 bits per heavy atom. The first-order valence-corrected chi connectivity index (χ1v) is 4.50. The first kappa shape index (κ1) is 8.25. The van der Waals surface area contributed by atoms with Crippen LogP contribution in [-0.2, 0) is 0 Å². The van der Waals surface area contributed by atoms with Crippen molar-refractivity contribution in [2.75, 3.05) is 0 Å². The van der Waals surface area contributed by atoms with Crippen molar-refractivity contribution in [3.05, 3.63) is 29.2 Å². The second-order valence-electron chi connectivity index (χ2n) is 2.47. The highest BCUT2D eigenvalue weighted by Gasteiger charge is 2.05. The molecule has 2 aromatic rings. The van der Waals surface area contributed by atoms with Gasteiger partial charge in [0.15, 0.2) is 5.01 Å². The molecule has 0 fully saturated rings. The van der Waals surface area contributed by atoms with Crippen LogP contribution in [-0.4, -0.2) is 15.2 Å². The Balaban J connectivity index is 2.46. The largest absolute Gasteiger partial charge is 0.217 e. The molecule has 2 rings (SSSR count). The van der Waals surface area contributed by atoms with Gasteiger partial charge in [-0.1, -0.05) is 17.4 Å². The molecule has 0 spiro atoms. The fourth-order valence-electron chi connectivity index (χ4n) is 0.927. The minimum absolute atomic E-state index is 0.495. The Kier molecular flexibility index (Phi) is 2.02. The van der Waals surface area contributed by atoms with E-state index in [1.54, 1.807) is 12.1 Å². The zero-order valence-electron chi connectivity index (χ0n) is 6.86. The van der Waals surface area contributed by atoms with Crippen molar-refractivity contribution < 1.29 is 4.39 Å². The van der Waals surface area contributed by atoms with Crippen LogP contribution in [0.1, 0.15) is 5.01 Å². The topological polar surface area (TPSA) is 38.7 Å². The minimum atomic E-state index is -0.495. The Labute approximate surface area is 78.3 Å². The van der Waals surface area contributed by atoms with Crippen LogP contribution in [0.5, 0.6) is 0 Å². The Morgan fingerprint density at radius 2 is 2.15 bits per heavy atom. The minimum Gasteiger partial charge on any atom is -0.217 e. The summed E-state index contributed by atoms with van der Waals surface area (Å²) in [5.41, 5.74) is 0.533. The fraction of sp³-hybridized carbons (Fsp3) is 0.125. The highest BCUT2D eigenvalue weighted by atomic mass is 32.1. The lowest BCUT2D eigenvalue weighted by molar-refractivity contribution is 0.585. The van der Waals surface area contributed by atoms with E-state index in [1.165, 1.54) is 17.4 Å². The van der Waals surface area contributed by atoms with Gasteiger partial charge in [0.05, 0.1) is 0 Å². The summed E-state index contributed by atoms with van der Waals surface area (Å²) in [6.07, 6.45) is 0. The van der Waals surface area contributed by atoms with Gasteiger partial charge in [0.25, 0.3) is 0 Å². The maximum absolute atomic E-state index is 12.7. The van der Waals surface area contributed by atoms with Gasteiger partial charge >= 0.3 is 0 Å². The maximum atomic E-state index is 12.7. The number of aryl methyl sites for hydroxylation is 1. The second-order valence-corrected chi connectivity index (χ2v) is 3.65. The van der Waals surface area contributed by atoms with Crippen molar-refractivity contribution in [3.8, 4) is 10.7 Å². The van der Waals surface area contributed by atoms with Crippen LogP contribution in [0, 0.1) is 12.9 Å². The highest BCUT2D eigenvalue weighted by Crippen LogP contribution is 2.20. The van der Waals surface area contributed by atoms with Gasteiger partial charge in [-0.15, -0.1) is 10.2 Å². The van der Waals surface area contributed by atoms with Crippen molar-refractivity contribution in [3.63, 3.8) is 0 Å². The van der Waals surface area contributed by atoms with E-state index in [-0.39, 0.29) is 0 Å². The summed E-state index contributed by atoms with van der Waals surface area (Å²) >= 11 is 1.40. The third kappa shape index (κ3) is 1.70. The average Bonchev–Trinajstić information content (AvgIpc) is 2.52. The van der Waals surface area contributed by atoms with Gasteiger partial charge in [-0.05, 0) is 19.1 Å². The maximum Gasteiger partial charge on any atom is 0.213 e. The van der Waals surface area contributed by atoms with Crippen molar-refractivity contribution >= 4 is 11.3 Å². The molecule has 0 bridgehead atoms. The quantitative estimate of drug-likeness (QED) is 0.653. The van der Waals surface area contributed by atoms with Gasteiger partial charge in [-0.25, -0.2) is 4.98 Å². The SMILES string of the molecule is Cc1nnc(-c2cccc(F)n2)s1. The zero-order chi connectivity index (χ0) is 9.26. The van der Waals surface area contributed by atoms with Gasteiger partial charge in [-0.3, -0.25) is 0 Å². The van der Waals surface area contributed by atoms with E-state index in [4.69, 9.17) is 0 Å². The Hall–Kier alpha value is -1.36. The summed E-state index contributed by atoms with van der Waals surface area (Å²) in [5.74, 6) is -0.495. The molecule has 0 aliphatic rings. The van der Waals surface area contributed by atoms with E-state index >= 15 is 0 Å². The smallest absolute Gasteiger partial charge is 0.213 e. The van der Waals surface area contributed by atoms with Gasteiger partial charge in [-0.2, -0.15) is 4.39 Å². The van der Waals surface area contributed by atoms with Crippen LogP contribution in [0.3, 0.4) is 0 Å². The summed E-state index contributed by atoms with van der Waals surface area (Å²) < 4.78 is 12.7. The molecule has 66 valence electrons. The standard InChI is InChI=1S/C8H6FN3S/c1-5-11-12-8(13-5)6-3-2-4-7(9)10-6/h2-4H,1H3. The number of pyridine rings is 1. The van der Waals surface area contributed by atoms with Crippen LogP contribution in [0.25, 0.3) is 10.7 Å². The van der Waals surface area contributed by atoms with Crippen LogP contribution >= 0.6 is 11.3 Å². The third-order valence-corrected chi connectivity index (χ3v) is 2.32. The molecule has 0 N–H and O–H groups in total. The van der Waals surface area contributed by atoms with E-state index in [2.05, 4.69) is 15.2 Å². The van der Waals surface area contributed by atoms with Crippen LogP contribution in [0.15, 0.2) is 18.2 Å². The molecule has 3 nitrogen and oxygen atoms in total. The third-order valence-electron chi connectivity index (χ3n) is 1.46. The van der Waals surface area contributed by atoms with Crippen molar-refractivity contribution in [2.24, 2.45) is 0 Å². The number of halogens is 1. The Morgan fingerprint density at radius 1 is 1.31 bits per heavy atom. The molecule has 13 heavy (non-hydrogen) atoms. The molecule has 2 heterocycles. The molecule has 0 saturated heterocycles. The number of hydrogen-bond donors (Lipinski definition) is 0. The molecule has 0 radical (unpaired) electrons. The lowest BCUT2D eigenvalue weighted by atomic mass is 10.4. The monoisotopic (exact) mass is 195 g/mol. The average molecular weight is 195 g/mol. The predicted octanol–water partition coefficient (Wildman–Crippen LogP) is 2.05. The van der Waals surface area contributed by atoms with Crippen molar-refractivity contribution in [1.29, 1.82) is 0 Å². The first-order chi connectivity index (χ1) is 6.25. The molecular weight excluding hydrogens is 189 g/mol. The van der Waals surface area contributed by atoms with Crippen molar-refractivity contribution in [2.45, 2.75) is 6.92 Å². The molecule has 0 aliphatic heterocycles. The zero-order valence-corrected chi connectivity index (χ0v) is 7.68. The fourth-order valence-corrected chi connectivity index (χ4v) is 1.59. The molecule has 0 aromatic carbocycles. The Bertz CT molecular complexity index is 427. The van der Waals surface area contributed by atoms with E-state index in [1.807, 2.05) is 6.92 Å².